The van der Waals surface area contributed by atoms with Crippen molar-refractivity contribution in [3.05, 3.63) is 38.5 Å². The lowest BCUT2D eigenvalue weighted by molar-refractivity contribution is 0.297. The minimum absolute atomic E-state index is 0.0611. The predicted octanol–water partition coefficient (Wildman–Crippen LogP) is 5.39. The highest BCUT2D eigenvalue weighted by Crippen LogP contribution is 2.37. The summed E-state index contributed by atoms with van der Waals surface area (Å²) in [5, 5.41) is 3.41. The van der Waals surface area contributed by atoms with Crippen LogP contribution in [-0.2, 0) is 0 Å². The van der Waals surface area contributed by atoms with Gasteiger partial charge in [0.05, 0.1) is 27.9 Å². The number of halogens is 2. The van der Waals surface area contributed by atoms with Crippen LogP contribution in [-0.4, -0.2) is 13.2 Å². The summed E-state index contributed by atoms with van der Waals surface area (Å²) >= 11 is 13.6. The van der Waals surface area contributed by atoms with Gasteiger partial charge in [0.2, 0.25) is 0 Å². The largest absolute Gasteiger partial charge is 0.490 e. The Morgan fingerprint density at radius 1 is 1.14 bits per heavy atom. The molecule has 1 aromatic carbocycles. The van der Waals surface area contributed by atoms with Gasteiger partial charge < -0.3 is 14.8 Å². The number of fused-ring (bicyclic) bond motifs is 1. The summed E-state index contributed by atoms with van der Waals surface area (Å²) in [7, 11) is 0. The summed E-state index contributed by atoms with van der Waals surface area (Å²) in [5.74, 6) is 1.57. The van der Waals surface area contributed by atoms with Gasteiger partial charge in [0.15, 0.2) is 11.5 Å². The molecule has 0 radical (unpaired) electrons. The molecule has 1 atom stereocenters. The molecule has 1 unspecified atom stereocenters. The quantitative estimate of drug-likeness (QED) is 0.810. The molecule has 1 aliphatic rings. The van der Waals surface area contributed by atoms with E-state index < -0.39 is 0 Å². The second-order valence-corrected chi connectivity index (χ2v) is 7.14. The molecule has 0 fully saturated rings. The van der Waals surface area contributed by atoms with Crippen LogP contribution >= 0.6 is 34.5 Å². The smallest absolute Gasteiger partial charge is 0.163 e. The van der Waals surface area contributed by atoms with E-state index in [0.717, 1.165) is 29.2 Å². The molecular formula is C15H15Cl2NO2S. The highest BCUT2D eigenvalue weighted by molar-refractivity contribution is 7.20. The number of benzene rings is 1. The summed E-state index contributed by atoms with van der Waals surface area (Å²) in [6.45, 7) is 3.42. The van der Waals surface area contributed by atoms with Crippen molar-refractivity contribution >= 4 is 40.2 Å². The van der Waals surface area contributed by atoms with Crippen LogP contribution in [0.2, 0.25) is 8.67 Å². The molecule has 0 bridgehead atoms. The molecule has 0 saturated heterocycles. The lowest BCUT2D eigenvalue weighted by atomic mass is 10.1. The first-order chi connectivity index (χ1) is 10.1. The van der Waals surface area contributed by atoms with Crippen molar-refractivity contribution in [2.45, 2.75) is 19.4 Å². The Labute approximate surface area is 137 Å². The Kier molecular flexibility index (Phi) is 4.48. The average molecular weight is 344 g/mol. The molecule has 3 rings (SSSR count). The third kappa shape index (κ3) is 3.39. The maximum Gasteiger partial charge on any atom is 0.163 e. The van der Waals surface area contributed by atoms with Gasteiger partial charge >= 0.3 is 0 Å². The van der Waals surface area contributed by atoms with Crippen LogP contribution in [0.5, 0.6) is 11.5 Å². The van der Waals surface area contributed by atoms with E-state index in [-0.39, 0.29) is 6.04 Å². The summed E-state index contributed by atoms with van der Waals surface area (Å²) < 4.78 is 12.7. The van der Waals surface area contributed by atoms with Crippen LogP contribution in [0.3, 0.4) is 0 Å². The van der Waals surface area contributed by atoms with Crippen LogP contribution in [0.15, 0.2) is 24.3 Å². The number of anilines is 1. The van der Waals surface area contributed by atoms with Gasteiger partial charge in [0.25, 0.3) is 0 Å². The van der Waals surface area contributed by atoms with Crippen LogP contribution < -0.4 is 14.8 Å². The first-order valence-corrected chi connectivity index (χ1v) is 8.31. The van der Waals surface area contributed by atoms with Gasteiger partial charge in [0.1, 0.15) is 0 Å². The standard InChI is InChI=1S/C15H15Cl2NO2S/c1-9(11-8-14(16)21-15(11)17)18-10-3-4-12-13(7-10)20-6-2-5-19-12/h3-4,7-9,18H,2,5-6H2,1H3. The van der Waals surface area contributed by atoms with E-state index in [2.05, 4.69) is 5.32 Å². The fraction of sp³-hybridized carbons (Fsp3) is 0.333. The topological polar surface area (TPSA) is 30.5 Å². The zero-order chi connectivity index (χ0) is 14.8. The van der Waals surface area contributed by atoms with E-state index in [4.69, 9.17) is 32.7 Å². The molecule has 1 aromatic heterocycles. The molecule has 2 aromatic rings. The molecular weight excluding hydrogens is 329 g/mol. The van der Waals surface area contributed by atoms with Crippen molar-refractivity contribution in [3.8, 4) is 11.5 Å². The second kappa shape index (κ2) is 6.34. The van der Waals surface area contributed by atoms with E-state index in [0.29, 0.717) is 21.9 Å². The molecule has 21 heavy (non-hydrogen) atoms. The number of thiophene rings is 1. The van der Waals surface area contributed by atoms with E-state index >= 15 is 0 Å². The number of hydrogen-bond donors (Lipinski definition) is 1. The third-order valence-electron chi connectivity index (χ3n) is 3.28. The lowest BCUT2D eigenvalue weighted by Crippen LogP contribution is -2.06. The van der Waals surface area contributed by atoms with E-state index in [1.807, 2.05) is 31.2 Å². The molecule has 1 aliphatic heterocycles. The van der Waals surface area contributed by atoms with Crippen molar-refractivity contribution in [3.63, 3.8) is 0 Å². The molecule has 0 amide bonds. The number of ether oxygens (including phenoxy) is 2. The normalized spacial score (nSPS) is 15.4. The third-order valence-corrected chi connectivity index (χ3v) is 4.80. The number of rotatable bonds is 3. The summed E-state index contributed by atoms with van der Waals surface area (Å²) in [6.07, 6.45) is 0.900. The van der Waals surface area contributed by atoms with Crippen LogP contribution in [0.1, 0.15) is 24.9 Å². The number of nitrogens with one attached hydrogen (secondary N) is 1. The van der Waals surface area contributed by atoms with Crippen molar-refractivity contribution < 1.29 is 9.47 Å². The fourth-order valence-electron chi connectivity index (χ4n) is 2.23. The number of hydrogen-bond acceptors (Lipinski definition) is 4. The van der Waals surface area contributed by atoms with Gasteiger partial charge in [-0.25, -0.2) is 0 Å². The molecule has 112 valence electrons. The molecule has 1 N–H and O–H groups in total. The molecule has 0 aliphatic carbocycles. The summed E-state index contributed by atoms with van der Waals surface area (Å²) in [6, 6.07) is 7.82. The Morgan fingerprint density at radius 2 is 1.90 bits per heavy atom. The maximum atomic E-state index is 6.19. The SMILES string of the molecule is CC(Nc1ccc2c(c1)OCCCO2)c1cc(Cl)sc1Cl. The molecule has 6 heteroatoms. The minimum atomic E-state index is 0.0611. The fourth-order valence-corrected chi connectivity index (χ4v) is 3.87. The lowest BCUT2D eigenvalue weighted by Gasteiger charge is -2.16. The Bertz CT molecular complexity index is 645. The highest BCUT2D eigenvalue weighted by Gasteiger charge is 2.15. The van der Waals surface area contributed by atoms with E-state index in [1.165, 1.54) is 11.3 Å². The highest BCUT2D eigenvalue weighted by atomic mass is 35.5. The first-order valence-electron chi connectivity index (χ1n) is 6.74. The van der Waals surface area contributed by atoms with Gasteiger partial charge in [-0.1, -0.05) is 23.2 Å². The van der Waals surface area contributed by atoms with Gasteiger partial charge in [-0.2, -0.15) is 0 Å². The van der Waals surface area contributed by atoms with Crippen molar-refractivity contribution in [1.29, 1.82) is 0 Å². The van der Waals surface area contributed by atoms with Crippen molar-refractivity contribution in [2.24, 2.45) is 0 Å². The van der Waals surface area contributed by atoms with Gasteiger partial charge in [-0.15, -0.1) is 11.3 Å². The van der Waals surface area contributed by atoms with Crippen molar-refractivity contribution in [2.75, 3.05) is 18.5 Å². The maximum absolute atomic E-state index is 6.19. The Balaban J connectivity index is 1.78. The average Bonchev–Trinajstić information content (AvgIpc) is 2.66. The van der Waals surface area contributed by atoms with Crippen LogP contribution in [0, 0.1) is 0 Å². The first kappa shape index (κ1) is 14.8. The van der Waals surface area contributed by atoms with E-state index in [1.54, 1.807) is 0 Å². The summed E-state index contributed by atoms with van der Waals surface area (Å²) in [4.78, 5) is 0. The monoisotopic (exact) mass is 343 g/mol. The molecule has 0 spiro atoms. The molecule has 2 heterocycles. The van der Waals surface area contributed by atoms with Gasteiger partial charge in [-0.05, 0) is 25.1 Å². The minimum Gasteiger partial charge on any atom is -0.490 e. The van der Waals surface area contributed by atoms with E-state index in [9.17, 15) is 0 Å². The van der Waals surface area contributed by atoms with Gasteiger partial charge in [-0.3, -0.25) is 0 Å². The van der Waals surface area contributed by atoms with Gasteiger partial charge in [0, 0.05) is 23.7 Å². The molecule has 3 nitrogen and oxygen atoms in total. The zero-order valence-electron chi connectivity index (χ0n) is 11.5. The van der Waals surface area contributed by atoms with Crippen LogP contribution in [0.4, 0.5) is 5.69 Å². The predicted molar refractivity (Wildman–Crippen MR) is 88.4 cm³/mol. The van der Waals surface area contributed by atoms with Crippen molar-refractivity contribution in [1.82, 2.24) is 0 Å². The second-order valence-electron chi connectivity index (χ2n) is 4.86. The Hall–Kier alpha value is -1.10. The molecule has 0 saturated carbocycles. The Morgan fingerprint density at radius 3 is 2.62 bits per heavy atom. The zero-order valence-corrected chi connectivity index (χ0v) is 13.8. The summed E-state index contributed by atoms with van der Waals surface area (Å²) in [5.41, 5.74) is 1.96. The van der Waals surface area contributed by atoms with Crippen LogP contribution in [0.25, 0.3) is 0 Å².